The number of anilines is 2. The summed E-state index contributed by atoms with van der Waals surface area (Å²) in [5.74, 6) is 1.17. The standard InChI is InChI=1S/C18H26N6O2/c1-13(25-3)9-11-19-21-17-15-7-5-6-8-16(15)18(24-23-17)22-20-12-10-14(2)26-4/h5-8,11-14H,9-10H2,1-4H3,(H,21,23)(H,22,24)/b19-11+,20-12+. The molecule has 0 aliphatic rings. The lowest BCUT2D eigenvalue weighted by atomic mass is 10.2. The molecule has 1 aromatic heterocycles. The van der Waals surface area contributed by atoms with Crippen LogP contribution in [0.25, 0.3) is 10.8 Å². The Hall–Kier alpha value is -2.58. The van der Waals surface area contributed by atoms with E-state index in [2.05, 4.69) is 31.3 Å². The van der Waals surface area contributed by atoms with Gasteiger partial charge in [0.05, 0.1) is 12.2 Å². The van der Waals surface area contributed by atoms with Crippen molar-refractivity contribution in [3.05, 3.63) is 24.3 Å². The van der Waals surface area contributed by atoms with Gasteiger partial charge in [-0.15, -0.1) is 10.2 Å². The highest BCUT2D eigenvalue weighted by Gasteiger charge is 2.08. The zero-order valence-electron chi connectivity index (χ0n) is 15.6. The van der Waals surface area contributed by atoms with Crippen LogP contribution < -0.4 is 10.9 Å². The molecule has 0 radical (unpaired) electrons. The molecule has 0 saturated heterocycles. The average molecular weight is 358 g/mol. The summed E-state index contributed by atoms with van der Waals surface area (Å²) in [7, 11) is 3.35. The van der Waals surface area contributed by atoms with Crippen LogP contribution in [-0.4, -0.2) is 49.1 Å². The molecule has 1 aromatic carbocycles. The molecule has 0 bridgehead atoms. The number of hydrogen-bond acceptors (Lipinski definition) is 8. The molecular weight excluding hydrogens is 332 g/mol. The van der Waals surface area contributed by atoms with Crippen molar-refractivity contribution in [3.8, 4) is 0 Å². The first kappa shape index (κ1) is 19.7. The summed E-state index contributed by atoms with van der Waals surface area (Å²) in [5.41, 5.74) is 5.88. The summed E-state index contributed by atoms with van der Waals surface area (Å²) >= 11 is 0. The van der Waals surface area contributed by atoms with Crippen LogP contribution in [0.2, 0.25) is 0 Å². The predicted molar refractivity (Wildman–Crippen MR) is 106 cm³/mol. The van der Waals surface area contributed by atoms with Gasteiger partial charge in [0.25, 0.3) is 0 Å². The molecule has 0 fully saturated rings. The molecule has 0 spiro atoms. The smallest absolute Gasteiger partial charge is 0.176 e. The first-order valence-corrected chi connectivity index (χ1v) is 8.51. The second kappa shape index (κ2) is 10.4. The van der Waals surface area contributed by atoms with E-state index in [1.807, 2.05) is 38.1 Å². The number of benzene rings is 1. The minimum atomic E-state index is 0.119. The van der Waals surface area contributed by atoms with Crippen LogP contribution in [0.15, 0.2) is 34.5 Å². The minimum absolute atomic E-state index is 0.119. The highest BCUT2D eigenvalue weighted by atomic mass is 16.5. The fourth-order valence-corrected chi connectivity index (χ4v) is 2.08. The number of aromatic nitrogens is 2. The van der Waals surface area contributed by atoms with Crippen LogP contribution in [0.3, 0.4) is 0 Å². The lowest BCUT2D eigenvalue weighted by Gasteiger charge is -2.08. The molecule has 2 aromatic rings. The second-order valence-electron chi connectivity index (χ2n) is 5.85. The summed E-state index contributed by atoms with van der Waals surface area (Å²) in [4.78, 5) is 0. The van der Waals surface area contributed by atoms with Gasteiger partial charge in [-0.25, -0.2) is 0 Å². The first-order chi connectivity index (χ1) is 12.7. The molecule has 0 aliphatic carbocycles. The Bertz CT molecular complexity index is 687. The fraction of sp³-hybridized carbons (Fsp3) is 0.444. The van der Waals surface area contributed by atoms with Gasteiger partial charge in [0, 0.05) is 50.3 Å². The molecule has 2 atom stereocenters. The van der Waals surface area contributed by atoms with Crippen LogP contribution in [-0.2, 0) is 9.47 Å². The van der Waals surface area contributed by atoms with Crippen molar-refractivity contribution in [2.75, 3.05) is 25.1 Å². The lowest BCUT2D eigenvalue weighted by Crippen LogP contribution is -2.06. The van der Waals surface area contributed by atoms with Gasteiger partial charge in [0.1, 0.15) is 0 Å². The van der Waals surface area contributed by atoms with Crippen molar-refractivity contribution in [3.63, 3.8) is 0 Å². The Kier molecular flexibility index (Phi) is 7.91. The molecule has 1 heterocycles. The van der Waals surface area contributed by atoms with Crippen molar-refractivity contribution >= 4 is 34.8 Å². The highest BCUT2D eigenvalue weighted by Crippen LogP contribution is 2.25. The number of rotatable bonds is 10. The number of hydrazone groups is 2. The number of nitrogens with zero attached hydrogens (tertiary/aromatic N) is 4. The van der Waals surface area contributed by atoms with Crippen LogP contribution in [0, 0.1) is 0 Å². The van der Waals surface area contributed by atoms with E-state index in [1.54, 1.807) is 26.6 Å². The minimum Gasteiger partial charge on any atom is -0.381 e. The van der Waals surface area contributed by atoms with Crippen LogP contribution in [0.1, 0.15) is 26.7 Å². The molecule has 8 nitrogen and oxygen atoms in total. The van der Waals surface area contributed by atoms with E-state index in [0.717, 1.165) is 10.8 Å². The molecule has 26 heavy (non-hydrogen) atoms. The van der Waals surface area contributed by atoms with E-state index in [0.29, 0.717) is 24.5 Å². The van der Waals surface area contributed by atoms with Gasteiger partial charge in [-0.2, -0.15) is 10.2 Å². The first-order valence-electron chi connectivity index (χ1n) is 8.51. The number of hydrogen-bond donors (Lipinski definition) is 2. The van der Waals surface area contributed by atoms with Crippen LogP contribution >= 0.6 is 0 Å². The van der Waals surface area contributed by atoms with Gasteiger partial charge in [0.15, 0.2) is 11.6 Å². The number of ether oxygens (including phenoxy) is 2. The van der Waals surface area contributed by atoms with Crippen molar-refractivity contribution in [1.82, 2.24) is 10.2 Å². The van der Waals surface area contributed by atoms with Gasteiger partial charge in [-0.1, -0.05) is 24.3 Å². The van der Waals surface area contributed by atoms with E-state index < -0.39 is 0 Å². The summed E-state index contributed by atoms with van der Waals surface area (Å²) in [6.45, 7) is 3.96. The molecule has 8 heteroatoms. The van der Waals surface area contributed by atoms with Crippen molar-refractivity contribution < 1.29 is 9.47 Å². The van der Waals surface area contributed by atoms with E-state index in [9.17, 15) is 0 Å². The Labute approximate surface area is 153 Å². The molecule has 0 amide bonds. The van der Waals surface area contributed by atoms with Crippen molar-refractivity contribution in [1.29, 1.82) is 0 Å². The Morgan fingerprint density at radius 2 is 1.31 bits per heavy atom. The molecule has 2 unspecified atom stereocenters. The maximum absolute atomic E-state index is 5.18. The molecular formula is C18H26N6O2. The van der Waals surface area contributed by atoms with Gasteiger partial charge >= 0.3 is 0 Å². The third-order valence-electron chi connectivity index (χ3n) is 3.89. The van der Waals surface area contributed by atoms with Crippen molar-refractivity contribution in [2.45, 2.75) is 38.9 Å². The Balaban J connectivity index is 2.10. The Morgan fingerprint density at radius 1 is 0.885 bits per heavy atom. The van der Waals surface area contributed by atoms with E-state index in [1.165, 1.54) is 0 Å². The van der Waals surface area contributed by atoms with Gasteiger partial charge < -0.3 is 9.47 Å². The molecule has 2 rings (SSSR count). The third kappa shape index (κ3) is 5.75. The SMILES string of the molecule is COC(C)C/C=N/Nc1nnc(N/N=C/CC(C)OC)c2ccccc12. The normalized spacial score (nSPS) is 14.2. The number of methoxy groups -OCH3 is 2. The number of fused-ring (bicyclic) bond motifs is 1. The zero-order chi connectivity index (χ0) is 18.8. The lowest BCUT2D eigenvalue weighted by molar-refractivity contribution is 0.125. The monoisotopic (exact) mass is 358 g/mol. The Morgan fingerprint density at radius 3 is 1.69 bits per heavy atom. The van der Waals surface area contributed by atoms with Crippen molar-refractivity contribution in [2.24, 2.45) is 10.2 Å². The average Bonchev–Trinajstić information content (AvgIpc) is 2.68. The third-order valence-corrected chi connectivity index (χ3v) is 3.89. The van der Waals surface area contributed by atoms with Gasteiger partial charge in [0.2, 0.25) is 0 Å². The molecule has 0 saturated carbocycles. The summed E-state index contributed by atoms with van der Waals surface area (Å²) in [5, 5.41) is 18.6. The second-order valence-corrected chi connectivity index (χ2v) is 5.85. The maximum atomic E-state index is 5.18. The van der Waals surface area contributed by atoms with E-state index in [4.69, 9.17) is 9.47 Å². The van der Waals surface area contributed by atoms with Crippen LogP contribution in [0.5, 0.6) is 0 Å². The summed E-state index contributed by atoms with van der Waals surface area (Å²) < 4.78 is 10.4. The number of nitrogens with one attached hydrogen (secondary N) is 2. The maximum Gasteiger partial charge on any atom is 0.176 e. The largest absolute Gasteiger partial charge is 0.381 e. The fourth-order valence-electron chi connectivity index (χ4n) is 2.08. The van der Waals surface area contributed by atoms with Crippen LogP contribution in [0.4, 0.5) is 11.6 Å². The van der Waals surface area contributed by atoms with E-state index >= 15 is 0 Å². The van der Waals surface area contributed by atoms with Gasteiger partial charge in [-0.3, -0.25) is 10.9 Å². The van der Waals surface area contributed by atoms with Gasteiger partial charge in [-0.05, 0) is 13.8 Å². The van der Waals surface area contributed by atoms with E-state index in [-0.39, 0.29) is 12.2 Å². The molecule has 2 N–H and O–H groups in total. The molecule has 140 valence electrons. The topological polar surface area (TPSA) is 93.0 Å². The predicted octanol–water partition coefficient (Wildman–Crippen LogP) is 3.28. The highest BCUT2D eigenvalue weighted by molar-refractivity contribution is 5.98. The summed E-state index contributed by atoms with van der Waals surface area (Å²) in [6, 6.07) is 7.81. The zero-order valence-corrected chi connectivity index (χ0v) is 15.6. The molecule has 0 aliphatic heterocycles. The quantitative estimate of drug-likeness (QED) is 0.500. The summed E-state index contributed by atoms with van der Waals surface area (Å²) in [6.07, 6.45) is 5.18.